The third-order valence-corrected chi connectivity index (χ3v) is 9.06. The molecule has 2 aliphatic heterocycles. The van der Waals surface area contributed by atoms with Gasteiger partial charge < -0.3 is 24.0 Å². The predicted molar refractivity (Wildman–Crippen MR) is 187 cm³/mol. The van der Waals surface area contributed by atoms with Crippen LogP contribution in [0.1, 0.15) is 31.9 Å². The molecule has 2 aromatic heterocycles. The lowest BCUT2D eigenvalue weighted by Gasteiger charge is -2.29. The molecule has 1 fully saturated rings. The van der Waals surface area contributed by atoms with Gasteiger partial charge in [-0.3, -0.25) is 0 Å². The van der Waals surface area contributed by atoms with E-state index in [1.165, 1.54) is 11.0 Å². The first-order valence-electron chi connectivity index (χ1n) is 15.8. The van der Waals surface area contributed by atoms with E-state index in [0.29, 0.717) is 28.0 Å². The molecule has 3 atom stereocenters. The van der Waals surface area contributed by atoms with Crippen LogP contribution in [-0.2, 0) is 21.8 Å². The van der Waals surface area contributed by atoms with Crippen LogP contribution in [0.15, 0.2) is 115 Å². The smallest absolute Gasteiger partial charge is 0.350 e. The Morgan fingerprint density at radius 3 is 2.22 bits per heavy atom. The quantitative estimate of drug-likeness (QED) is 0.152. The van der Waals surface area contributed by atoms with Crippen molar-refractivity contribution in [2.45, 2.75) is 44.7 Å². The van der Waals surface area contributed by atoms with E-state index < -0.39 is 5.79 Å². The lowest BCUT2D eigenvalue weighted by Crippen LogP contribution is -2.35. The zero-order valence-corrected chi connectivity index (χ0v) is 28.4. The van der Waals surface area contributed by atoms with Gasteiger partial charge in [-0.2, -0.15) is 10.2 Å². The van der Waals surface area contributed by atoms with Crippen molar-refractivity contribution in [1.29, 1.82) is 0 Å². The van der Waals surface area contributed by atoms with Crippen molar-refractivity contribution >= 4 is 34.6 Å². The van der Waals surface area contributed by atoms with E-state index in [1.807, 2.05) is 97.0 Å². The number of hydrogen-bond acceptors (Lipinski definition) is 9. The van der Waals surface area contributed by atoms with Crippen molar-refractivity contribution in [3.63, 3.8) is 0 Å². The highest BCUT2D eigenvalue weighted by atomic mass is 35.5. The first-order valence-corrected chi connectivity index (χ1v) is 16.6. The standard InChI is InChI=1S/C35H34Cl2N8O4/c1-3-25(2)45-34(46)44(24-40-45)29-7-5-27(6-8-29)41-14-16-42(17-15-41)28-9-11-30(12-10-28)47-19-31-20-48-35(49-31,21-43-23-38-22-39-43)32-13-4-26(36)18-33(32)37/h4-18,22-25,31H,3,19-21H2,1-2H3/t25?,31-,35-/m0/s1. The Bertz CT molecular complexity index is 2000. The van der Waals surface area contributed by atoms with Gasteiger partial charge in [-0.15, -0.1) is 0 Å². The van der Waals surface area contributed by atoms with Crippen LogP contribution in [-0.4, -0.2) is 48.4 Å². The third kappa shape index (κ3) is 6.86. The van der Waals surface area contributed by atoms with Crippen LogP contribution >= 0.6 is 23.2 Å². The normalized spacial score (nSPS) is 19.5. The second kappa shape index (κ2) is 13.9. The molecule has 0 radical (unpaired) electrons. The highest BCUT2D eigenvalue weighted by molar-refractivity contribution is 6.35. The number of benzene rings is 3. The topological polar surface area (TPSA) is 105 Å². The molecule has 0 N–H and O–H groups in total. The summed E-state index contributed by atoms with van der Waals surface area (Å²) in [6.45, 7) is 4.85. The molecule has 49 heavy (non-hydrogen) atoms. The molecule has 0 aliphatic carbocycles. The van der Waals surface area contributed by atoms with E-state index in [2.05, 4.69) is 15.2 Å². The molecule has 0 saturated carbocycles. The molecule has 12 nitrogen and oxygen atoms in total. The first-order chi connectivity index (χ1) is 23.8. The molecule has 0 spiro atoms. The molecule has 1 unspecified atom stereocenters. The van der Waals surface area contributed by atoms with Crippen LogP contribution in [0.3, 0.4) is 0 Å². The monoisotopic (exact) mass is 700 g/mol. The van der Waals surface area contributed by atoms with Gasteiger partial charge in [0.15, 0.2) is 0 Å². The molecule has 2 aliphatic rings. The third-order valence-electron chi connectivity index (χ3n) is 8.51. The number of nitrogens with zero attached hydrogens (tertiary/aromatic N) is 8. The summed E-state index contributed by atoms with van der Waals surface area (Å²) in [5.41, 5.74) is 3.21. The fraction of sp³-hybridized carbons (Fsp3) is 0.257. The highest BCUT2D eigenvalue weighted by Gasteiger charge is 2.45. The van der Waals surface area contributed by atoms with Gasteiger partial charge in [-0.1, -0.05) is 36.2 Å². The molecule has 4 heterocycles. The second-order valence-corrected chi connectivity index (χ2v) is 12.6. The molecule has 0 amide bonds. The van der Waals surface area contributed by atoms with E-state index in [-0.39, 0.29) is 31.0 Å². The van der Waals surface area contributed by atoms with Crippen LogP contribution in [0.4, 0.5) is 11.4 Å². The van der Waals surface area contributed by atoms with Gasteiger partial charge in [0.25, 0.3) is 0 Å². The number of ether oxygens (including phenoxy) is 3. The molecule has 0 bridgehead atoms. The zero-order valence-electron chi connectivity index (χ0n) is 26.8. The largest absolute Gasteiger partial charge is 0.491 e. The maximum atomic E-state index is 12.8. The van der Waals surface area contributed by atoms with Crippen molar-refractivity contribution in [3.8, 4) is 11.4 Å². The molecule has 3 aromatic carbocycles. The van der Waals surface area contributed by atoms with Gasteiger partial charge in [0.05, 0.1) is 23.4 Å². The van der Waals surface area contributed by atoms with Gasteiger partial charge >= 0.3 is 5.69 Å². The predicted octanol–water partition coefficient (Wildman–Crippen LogP) is 6.52. The zero-order chi connectivity index (χ0) is 34.0. The summed E-state index contributed by atoms with van der Waals surface area (Å²) in [4.78, 5) is 20.8. The van der Waals surface area contributed by atoms with Crippen molar-refractivity contribution in [2.75, 3.05) is 23.0 Å². The van der Waals surface area contributed by atoms with Crippen molar-refractivity contribution in [1.82, 2.24) is 29.1 Å². The second-order valence-electron chi connectivity index (χ2n) is 11.7. The minimum absolute atomic E-state index is 0.0462. The molecular weight excluding hydrogens is 667 g/mol. The van der Waals surface area contributed by atoms with Gasteiger partial charge in [0.1, 0.15) is 44.0 Å². The molecule has 7 rings (SSSR count). The summed E-state index contributed by atoms with van der Waals surface area (Å²) < 4.78 is 23.5. The minimum atomic E-state index is -1.17. The Labute approximate surface area is 293 Å². The van der Waals surface area contributed by atoms with Gasteiger partial charge in [-0.05, 0) is 74.0 Å². The van der Waals surface area contributed by atoms with Crippen LogP contribution in [0, 0.1) is 0 Å². The fourth-order valence-corrected chi connectivity index (χ4v) is 6.22. The van der Waals surface area contributed by atoms with E-state index in [0.717, 1.165) is 23.5 Å². The summed E-state index contributed by atoms with van der Waals surface area (Å²) in [6.07, 6.45) is 13.0. The first kappa shape index (κ1) is 32.7. The molecule has 14 heteroatoms. The number of hydrogen-bond donors (Lipinski definition) is 0. The minimum Gasteiger partial charge on any atom is -0.491 e. The molecular formula is C35H34Cl2N8O4. The molecule has 252 valence electrons. The summed E-state index contributed by atoms with van der Waals surface area (Å²) in [5, 5.41) is 9.45. The van der Waals surface area contributed by atoms with E-state index in [9.17, 15) is 4.79 Å². The van der Waals surface area contributed by atoms with Gasteiger partial charge in [-0.25, -0.2) is 23.7 Å². The average molecular weight is 702 g/mol. The van der Waals surface area contributed by atoms with Crippen LogP contribution in [0.2, 0.25) is 10.0 Å². The van der Waals surface area contributed by atoms with Crippen molar-refractivity contribution < 1.29 is 14.2 Å². The van der Waals surface area contributed by atoms with Crippen LogP contribution < -0.4 is 20.2 Å². The Morgan fingerprint density at radius 1 is 0.918 bits per heavy atom. The summed E-state index contributed by atoms with van der Waals surface area (Å²) in [5.74, 6) is -0.474. The summed E-state index contributed by atoms with van der Waals surface area (Å²) in [7, 11) is 0. The Morgan fingerprint density at radius 2 is 1.59 bits per heavy atom. The number of halogens is 2. The lowest BCUT2D eigenvalue weighted by molar-refractivity contribution is -0.190. The Kier molecular flexibility index (Phi) is 9.28. The maximum Gasteiger partial charge on any atom is 0.350 e. The van der Waals surface area contributed by atoms with Crippen LogP contribution in [0.5, 0.6) is 5.75 Å². The SMILES string of the molecule is CCC(C)n1ncn(-c2ccc(N3C=CN(c4ccc(OC[C@H]5CO[C@](Cn6cncn6)(c6ccc(Cl)cc6Cl)O5)cc4)C=C3)cc2)c1=O. The van der Waals surface area contributed by atoms with E-state index >= 15 is 0 Å². The highest BCUT2D eigenvalue weighted by Crippen LogP contribution is 2.40. The molecule has 5 aromatic rings. The van der Waals surface area contributed by atoms with E-state index in [4.69, 9.17) is 37.4 Å². The molecule has 1 saturated heterocycles. The number of anilines is 2. The van der Waals surface area contributed by atoms with Gasteiger partial charge in [0, 0.05) is 46.8 Å². The lowest BCUT2D eigenvalue weighted by atomic mass is 10.1. The summed E-state index contributed by atoms with van der Waals surface area (Å²) >= 11 is 12.7. The van der Waals surface area contributed by atoms with Gasteiger partial charge in [0.2, 0.25) is 5.79 Å². The maximum absolute atomic E-state index is 12.8. The van der Waals surface area contributed by atoms with Crippen molar-refractivity contribution in [3.05, 3.63) is 137 Å². The van der Waals surface area contributed by atoms with Crippen molar-refractivity contribution in [2.24, 2.45) is 0 Å². The Balaban J connectivity index is 0.952. The number of aromatic nitrogens is 6. The summed E-state index contributed by atoms with van der Waals surface area (Å²) in [6, 6.07) is 20.9. The average Bonchev–Trinajstić information content (AvgIpc) is 3.88. The fourth-order valence-electron chi connectivity index (χ4n) is 5.67. The van der Waals surface area contributed by atoms with E-state index in [1.54, 1.807) is 40.1 Å². The van der Waals surface area contributed by atoms with Crippen LogP contribution in [0.25, 0.3) is 5.69 Å². The number of rotatable bonds is 11. The Hall–Kier alpha value is -4.88.